The maximum absolute atomic E-state index is 14.0. The molecule has 1 amide bonds. The number of nitrogens with one attached hydrogen (secondary N) is 1. The normalized spacial score (nSPS) is 19.6. The van der Waals surface area contributed by atoms with Crippen LogP contribution in [0.25, 0.3) is 0 Å². The zero-order chi connectivity index (χ0) is 15.9. The summed E-state index contributed by atoms with van der Waals surface area (Å²) in [6, 6.07) is 9.13. The SMILES string of the molecule is O=C(NC/C(F)=C1/CCC[C@@H]1C(=O)O)OCc1ccccc1. The number of hydrogen-bond donors (Lipinski definition) is 2. The van der Waals surface area contributed by atoms with Crippen molar-refractivity contribution in [1.29, 1.82) is 0 Å². The van der Waals surface area contributed by atoms with Crippen LogP contribution in [0, 0.1) is 5.92 Å². The van der Waals surface area contributed by atoms with Crippen molar-refractivity contribution in [2.45, 2.75) is 25.9 Å². The molecule has 2 N–H and O–H groups in total. The molecule has 1 fully saturated rings. The number of aliphatic carboxylic acids is 1. The third-order valence-corrected chi connectivity index (χ3v) is 3.61. The molecule has 0 spiro atoms. The van der Waals surface area contributed by atoms with Gasteiger partial charge in [0.2, 0.25) is 0 Å². The van der Waals surface area contributed by atoms with Crippen LogP contribution in [0.1, 0.15) is 24.8 Å². The Morgan fingerprint density at radius 1 is 1.32 bits per heavy atom. The van der Waals surface area contributed by atoms with Crippen LogP contribution in [0.4, 0.5) is 9.18 Å². The van der Waals surface area contributed by atoms with Gasteiger partial charge in [-0.25, -0.2) is 9.18 Å². The lowest BCUT2D eigenvalue weighted by Crippen LogP contribution is -2.26. The molecule has 1 atom stereocenters. The summed E-state index contributed by atoms with van der Waals surface area (Å²) in [7, 11) is 0. The molecule has 22 heavy (non-hydrogen) atoms. The van der Waals surface area contributed by atoms with E-state index in [1.807, 2.05) is 30.3 Å². The van der Waals surface area contributed by atoms with E-state index in [0.29, 0.717) is 19.3 Å². The minimum atomic E-state index is -1.02. The highest BCUT2D eigenvalue weighted by Gasteiger charge is 2.30. The molecule has 0 unspecified atom stereocenters. The summed E-state index contributed by atoms with van der Waals surface area (Å²) in [6.07, 6.45) is 0.780. The Morgan fingerprint density at radius 2 is 2.05 bits per heavy atom. The van der Waals surface area contributed by atoms with Crippen LogP contribution >= 0.6 is 0 Å². The molecule has 6 heteroatoms. The molecule has 1 aliphatic carbocycles. The third-order valence-electron chi connectivity index (χ3n) is 3.61. The van der Waals surface area contributed by atoms with Gasteiger partial charge in [0, 0.05) is 0 Å². The highest BCUT2D eigenvalue weighted by atomic mass is 19.1. The Bertz CT molecular complexity index is 571. The van der Waals surface area contributed by atoms with Crippen LogP contribution < -0.4 is 5.32 Å². The van der Waals surface area contributed by atoms with Gasteiger partial charge in [0.1, 0.15) is 12.4 Å². The number of rotatable bonds is 5. The number of carboxylic acids is 1. The van der Waals surface area contributed by atoms with Crippen LogP contribution in [0.5, 0.6) is 0 Å². The van der Waals surface area contributed by atoms with Crippen molar-refractivity contribution in [3.05, 3.63) is 47.3 Å². The van der Waals surface area contributed by atoms with Gasteiger partial charge in [0.25, 0.3) is 0 Å². The maximum atomic E-state index is 14.0. The predicted molar refractivity (Wildman–Crippen MR) is 77.7 cm³/mol. The fraction of sp³-hybridized carbons (Fsp3) is 0.375. The van der Waals surface area contributed by atoms with Crippen LogP contribution in [-0.2, 0) is 16.1 Å². The number of carbonyl (C=O) groups excluding carboxylic acids is 1. The number of hydrogen-bond acceptors (Lipinski definition) is 3. The Hall–Kier alpha value is -2.37. The number of ether oxygens (including phenoxy) is 1. The van der Waals surface area contributed by atoms with Gasteiger partial charge in [0.05, 0.1) is 12.5 Å². The Kier molecular flexibility index (Phi) is 5.52. The molecule has 1 aromatic carbocycles. The summed E-state index contributed by atoms with van der Waals surface area (Å²) in [6.45, 7) is -0.241. The zero-order valence-corrected chi connectivity index (χ0v) is 12.0. The molecular formula is C16H18FNO4. The standard InChI is InChI=1S/C16H18FNO4/c17-14(12-7-4-8-13(12)15(19)20)9-18-16(21)22-10-11-5-2-1-3-6-11/h1-3,5-6,13H,4,7-10H2,(H,18,21)(H,19,20)/b14-12+/t13-/m0/s1. The van der Waals surface area contributed by atoms with Crippen LogP contribution in [0.15, 0.2) is 41.7 Å². The van der Waals surface area contributed by atoms with Crippen molar-refractivity contribution in [3.8, 4) is 0 Å². The van der Waals surface area contributed by atoms with Crippen LogP contribution in [0.3, 0.4) is 0 Å². The van der Waals surface area contributed by atoms with E-state index in [2.05, 4.69) is 5.32 Å². The molecule has 0 aromatic heterocycles. The zero-order valence-electron chi connectivity index (χ0n) is 12.0. The van der Waals surface area contributed by atoms with Gasteiger partial charge in [-0.05, 0) is 30.4 Å². The smallest absolute Gasteiger partial charge is 0.407 e. The summed E-state index contributed by atoms with van der Waals surface area (Å²) in [4.78, 5) is 22.5. The van der Waals surface area contributed by atoms with Gasteiger partial charge in [-0.15, -0.1) is 0 Å². The van der Waals surface area contributed by atoms with Crippen molar-refractivity contribution in [3.63, 3.8) is 0 Å². The number of alkyl carbamates (subject to hydrolysis) is 1. The second-order valence-corrected chi connectivity index (χ2v) is 5.13. The summed E-state index contributed by atoms with van der Waals surface area (Å²) >= 11 is 0. The monoisotopic (exact) mass is 307 g/mol. The number of benzene rings is 1. The van der Waals surface area contributed by atoms with Gasteiger partial charge in [0.15, 0.2) is 0 Å². The first-order valence-corrected chi connectivity index (χ1v) is 7.12. The number of amides is 1. The van der Waals surface area contributed by atoms with Crippen LogP contribution in [0.2, 0.25) is 0 Å². The van der Waals surface area contributed by atoms with E-state index >= 15 is 0 Å². The molecule has 0 heterocycles. The Morgan fingerprint density at radius 3 is 2.73 bits per heavy atom. The van der Waals surface area contributed by atoms with Gasteiger partial charge >= 0.3 is 12.1 Å². The van der Waals surface area contributed by atoms with E-state index in [9.17, 15) is 14.0 Å². The van der Waals surface area contributed by atoms with Gasteiger partial charge in [-0.2, -0.15) is 0 Å². The molecule has 5 nitrogen and oxygen atoms in total. The second-order valence-electron chi connectivity index (χ2n) is 5.13. The van der Waals surface area contributed by atoms with Gasteiger partial charge < -0.3 is 15.2 Å². The molecule has 0 bridgehead atoms. The number of carbonyl (C=O) groups is 2. The summed E-state index contributed by atoms with van der Waals surface area (Å²) in [5.41, 5.74) is 1.11. The van der Waals surface area contributed by atoms with Gasteiger partial charge in [-0.1, -0.05) is 30.3 Å². The molecule has 1 aromatic rings. The van der Waals surface area contributed by atoms with Crippen molar-refractivity contribution < 1.29 is 23.8 Å². The molecule has 0 aliphatic heterocycles. The molecule has 118 valence electrons. The molecule has 1 aliphatic rings. The number of halogens is 1. The Balaban J connectivity index is 1.81. The maximum Gasteiger partial charge on any atom is 0.407 e. The van der Waals surface area contributed by atoms with Crippen molar-refractivity contribution in [2.75, 3.05) is 6.54 Å². The fourth-order valence-corrected chi connectivity index (χ4v) is 2.48. The minimum absolute atomic E-state index is 0.0998. The van der Waals surface area contributed by atoms with Crippen LogP contribution in [-0.4, -0.2) is 23.7 Å². The highest BCUT2D eigenvalue weighted by molar-refractivity contribution is 5.74. The molecule has 0 saturated heterocycles. The molecule has 1 saturated carbocycles. The average molecular weight is 307 g/mol. The predicted octanol–water partition coefficient (Wildman–Crippen LogP) is 3.02. The summed E-state index contributed by atoms with van der Waals surface area (Å²) < 4.78 is 18.9. The van der Waals surface area contributed by atoms with Crippen molar-refractivity contribution >= 4 is 12.1 Å². The summed E-state index contributed by atoms with van der Waals surface area (Å²) in [5.74, 6) is -2.38. The third kappa shape index (κ3) is 4.31. The Labute approximate surface area is 127 Å². The minimum Gasteiger partial charge on any atom is -0.481 e. The number of carboxylic acid groups (broad SMARTS) is 1. The fourth-order valence-electron chi connectivity index (χ4n) is 2.48. The summed E-state index contributed by atoms with van der Waals surface area (Å²) in [5, 5.41) is 11.3. The first kappa shape index (κ1) is 16.0. The second kappa shape index (κ2) is 7.59. The lowest BCUT2D eigenvalue weighted by molar-refractivity contribution is -0.140. The lowest BCUT2D eigenvalue weighted by Gasteiger charge is -2.10. The van der Waals surface area contributed by atoms with E-state index in [1.54, 1.807) is 0 Å². The topological polar surface area (TPSA) is 75.6 Å². The first-order chi connectivity index (χ1) is 10.6. The lowest BCUT2D eigenvalue weighted by atomic mass is 10.0. The van der Waals surface area contributed by atoms with E-state index in [-0.39, 0.29) is 18.7 Å². The van der Waals surface area contributed by atoms with E-state index in [1.165, 1.54) is 0 Å². The van der Waals surface area contributed by atoms with E-state index in [4.69, 9.17) is 9.84 Å². The highest BCUT2D eigenvalue weighted by Crippen LogP contribution is 2.33. The molecular weight excluding hydrogens is 289 g/mol. The van der Waals surface area contributed by atoms with Gasteiger partial charge in [-0.3, -0.25) is 4.79 Å². The quantitative estimate of drug-likeness (QED) is 0.876. The van der Waals surface area contributed by atoms with E-state index < -0.39 is 23.8 Å². The first-order valence-electron chi connectivity index (χ1n) is 7.12. The molecule has 2 rings (SSSR count). The average Bonchev–Trinajstić information content (AvgIpc) is 3.01. The molecule has 0 radical (unpaired) electrons. The van der Waals surface area contributed by atoms with E-state index in [0.717, 1.165) is 5.56 Å². The largest absolute Gasteiger partial charge is 0.481 e. The van der Waals surface area contributed by atoms with Crippen molar-refractivity contribution in [1.82, 2.24) is 5.32 Å². The van der Waals surface area contributed by atoms with Crippen molar-refractivity contribution in [2.24, 2.45) is 5.92 Å².